The van der Waals surface area contributed by atoms with Gasteiger partial charge in [0.15, 0.2) is 5.76 Å². The van der Waals surface area contributed by atoms with E-state index in [-0.39, 0.29) is 11.2 Å². The van der Waals surface area contributed by atoms with E-state index >= 15 is 0 Å². The predicted molar refractivity (Wildman–Crippen MR) is 51.7 cm³/mol. The number of rotatable bonds is 4. The highest BCUT2D eigenvalue weighted by atomic mass is 16.3. The molecule has 1 aromatic heterocycles. The molecule has 1 heterocycles. The summed E-state index contributed by atoms with van der Waals surface area (Å²) < 4.78 is 5.08. The van der Waals surface area contributed by atoms with Crippen LogP contribution in [0.4, 0.5) is 0 Å². The Balaban J connectivity index is 2.78. The second-order valence-electron chi connectivity index (χ2n) is 3.94. The van der Waals surface area contributed by atoms with Crippen molar-refractivity contribution in [2.45, 2.75) is 33.6 Å². The van der Waals surface area contributed by atoms with Gasteiger partial charge in [-0.15, -0.1) is 0 Å². The van der Waals surface area contributed by atoms with E-state index in [1.165, 1.54) is 6.26 Å². The molecule has 0 saturated carbocycles. The molecule has 0 aromatic carbocycles. The van der Waals surface area contributed by atoms with Gasteiger partial charge in [-0.2, -0.15) is 0 Å². The number of carbonyl (C=O) groups excluding carboxylic acids is 1. The van der Waals surface area contributed by atoms with Crippen LogP contribution < -0.4 is 0 Å². The topological polar surface area (TPSA) is 30.2 Å². The summed E-state index contributed by atoms with van der Waals surface area (Å²) in [6.07, 6.45) is 3.45. The maximum atomic E-state index is 11.8. The van der Waals surface area contributed by atoms with Crippen LogP contribution in [0, 0.1) is 5.41 Å². The van der Waals surface area contributed by atoms with Crippen molar-refractivity contribution in [3.05, 3.63) is 24.2 Å². The molecule has 1 aromatic rings. The minimum atomic E-state index is -0.299. The van der Waals surface area contributed by atoms with Gasteiger partial charge in [0.2, 0.25) is 5.78 Å². The maximum Gasteiger partial charge on any atom is 0.203 e. The van der Waals surface area contributed by atoms with E-state index in [0.29, 0.717) is 5.76 Å². The lowest BCUT2D eigenvalue weighted by atomic mass is 9.82. The zero-order valence-corrected chi connectivity index (χ0v) is 8.46. The monoisotopic (exact) mass is 180 g/mol. The molecule has 0 aliphatic heterocycles. The van der Waals surface area contributed by atoms with Crippen LogP contribution in [0.3, 0.4) is 0 Å². The largest absolute Gasteiger partial charge is 0.461 e. The Morgan fingerprint density at radius 2 is 2.23 bits per heavy atom. The summed E-state index contributed by atoms with van der Waals surface area (Å²) in [5.41, 5.74) is -0.299. The summed E-state index contributed by atoms with van der Waals surface area (Å²) >= 11 is 0. The van der Waals surface area contributed by atoms with E-state index < -0.39 is 0 Å². The summed E-state index contributed by atoms with van der Waals surface area (Å²) in [7, 11) is 0. The van der Waals surface area contributed by atoms with Crippen molar-refractivity contribution in [2.75, 3.05) is 0 Å². The first kappa shape index (κ1) is 10.0. The fraction of sp³-hybridized carbons (Fsp3) is 0.545. The molecule has 2 nitrogen and oxygen atoms in total. The summed E-state index contributed by atoms with van der Waals surface area (Å²) in [6.45, 7) is 6.00. The van der Waals surface area contributed by atoms with E-state index in [9.17, 15) is 4.79 Å². The molecular formula is C11H16O2. The van der Waals surface area contributed by atoms with Crippen molar-refractivity contribution < 1.29 is 9.21 Å². The molecule has 1 rings (SSSR count). The highest BCUT2D eigenvalue weighted by molar-refractivity contribution is 5.97. The molecule has 0 saturated heterocycles. The maximum absolute atomic E-state index is 11.8. The van der Waals surface area contributed by atoms with Crippen LogP contribution in [0.15, 0.2) is 22.8 Å². The normalized spacial score (nSPS) is 11.6. The molecule has 0 aliphatic carbocycles. The van der Waals surface area contributed by atoms with Crippen molar-refractivity contribution in [1.82, 2.24) is 0 Å². The van der Waals surface area contributed by atoms with E-state index in [4.69, 9.17) is 4.42 Å². The van der Waals surface area contributed by atoms with E-state index in [2.05, 4.69) is 6.92 Å². The van der Waals surface area contributed by atoms with Gasteiger partial charge in [0.05, 0.1) is 6.26 Å². The molecule has 13 heavy (non-hydrogen) atoms. The minimum Gasteiger partial charge on any atom is -0.461 e. The Morgan fingerprint density at radius 3 is 2.69 bits per heavy atom. The lowest BCUT2D eigenvalue weighted by molar-refractivity contribution is 0.0795. The van der Waals surface area contributed by atoms with Crippen LogP contribution in [0.1, 0.15) is 44.2 Å². The molecular weight excluding hydrogens is 164 g/mol. The molecule has 0 fully saturated rings. The standard InChI is InChI=1S/C11H16O2/c1-4-7-11(2,3)10(12)9-6-5-8-13-9/h5-6,8H,4,7H2,1-3H3. The van der Waals surface area contributed by atoms with Gasteiger partial charge in [-0.05, 0) is 18.6 Å². The molecule has 0 amide bonds. The lowest BCUT2D eigenvalue weighted by Crippen LogP contribution is -2.23. The van der Waals surface area contributed by atoms with Gasteiger partial charge in [-0.25, -0.2) is 0 Å². The average molecular weight is 180 g/mol. The van der Waals surface area contributed by atoms with Crippen molar-refractivity contribution in [3.63, 3.8) is 0 Å². The minimum absolute atomic E-state index is 0.0966. The Labute approximate surface area is 78.9 Å². The fourth-order valence-corrected chi connectivity index (χ4v) is 1.48. The third-order valence-corrected chi connectivity index (χ3v) is 2.23. The Bertz CT molecular complexity index is 270. The molecule has 0 unspecified atom stereocenters. The van der Waals surface area contributed by atoms with Crippen LogP contribution in [-0.4, -0.2) is 5.78 Å². The number of hydrogen-bond donors (Lipinski definition) is 0. The van der Waals surface area contributed by atoms with Crippen LogP contribution in [0.25, 0.3) is 0 Å². The van der Waals surface area contributed by atoms with Crippen LogP contribution >= 0.6 is 0 Å². The van der Waals surface area contributed by atoms with Crippen molar-refractivity contribution in [3.8, 4) is 0 Å². The van der Waals surface area contributed by atoms with E-state index in [0.717, 1.165) is 12.8 Å². The first-order chi connectivity index (χ1) is 6.08. The highest BCUT2D eigenvalue weighted by Gasteiger charge is 2.29. The third kappa shape index (κ3) is 2.20. The van der Waals surface area contributed by atoms with Gasteiger partial charge in [0, 0.05) is 5.41 Å². The summed E-state index contributed by atoms with van der Waals surface area (Å²) in [5, 5.41) is 0. The van der Waals surface area contributed by atoms with Crippen molar-refractivity contribution in [1.29, 1.82) is 0 Å². The zero-order valence-electron chi connectivity index (χ0n) is 8.46. The van der Waals surface area contributed by atoms with Crippen molar-refractivity contribution in [2.24, 2.45) is 5.41 Å². The molecule has 0 aliphatic rings. The number of Topliss-reactive ketones (excluding diaryl/α,β-unsaturated/α-hetero) is 1. The van der Waals surface area contributed by atoms with Gasteiger partial charge in [0.1, 0.15) is 0 Å². The van der Waals surface area contributed by atoms with Gasteiger partial charge in [-0.3, -0.25) is 4.79 Å². The van der Waals surface area contributed by atoms with E-state index in [1.54, 1.807) is 12.1 Å². The number of carbonyl (C=O) groups is 1. The number of hydrogen-bond acceptors (Lipinski definition) is 2. The highest BCUT2D eigenvalue weighted by Crippen LogP contribution is 2.27. The molecule has 0 N–H and O–H groups in total. The summed E-state index contributed by atoms with van der Waals surface area (Å²) in [4.78, 5) is 11.8. The molecule has 2 heteroatoms. The molecule has 0 radical (unpaired) electrons. The van der Waals surface area contributed by atoms with Gasteiger partial charge in [-0.1, -0.05) is 27.2 Å². The smallest absolute Gasteiger partial charge is 0.203 e. The van der Waals surface area contributed by atoms with Gasteiger partial charge < -0.3 is 4.42 Å². The van der Waals surface area contributed by atoms with Gasteiger partial charge >= 0.3 is 0 Å². The number of furan rings is 1. The summed E-state index contributed by atoms with van der Waals surface area (Å²) in [6, 6.07) is 3.47. The Morgan fingerprint density at radius 1 is 1.54 bits per heavy atom. The quantitative estimate of drug-likeness (QED) is 0.665. The predicted octanol–water partition coefficient (Wildman–Crippen LogP) is 3.29. The van der Waals surface area contributed by atoms with Gasteiger partial charge in [0.25, 0.3) is 0 Å². The second-order valence-corrected chi connectivity index (χ2v) is 3.94. The first-order valence-electron chi connectivity index (χ1n) is 4.66. The third-order valence-electron chi connectivity index (χ3n) is 2.23. The Kier molecular flexibility index (Phi) is 2.91. The molecule has 0 atom stereocenters. The Hall–Kier alpha value is -1.05. The zero-order chi connectivity index (χ0) is 9.90. The molecule has 0 bridgehead atoms. The van der Waals surface area contributed by atoms with Crippen LogP contribution in [0.5, 0.6) is 0 Å². The van der Waals surface area contributed by atoms with Crippen LogP contribution in [0.2, 0.25) is 0 Å². The molecule has 0 spiro atoms. The summed E-state index contributed by atoms with van der Waals surface area (Å²) in [5.74, 6) is 0.567. The van der Waals surface area contributed by atoms with E-state index in [1.807, 2.05) is 13.8 Å². The fourth-order valence-electron chi connectivity index (χ4n) is 1.48. The second kappa shape index (κ2) is 3.77. The lowest BCUT2D eigenvalue weighted by Gasteiger charge is -2.20. The first-order valence-corrected chi connectivity index (χ1v) is 4.66. The average Bonchev–Trinajstić information content (AvgIpc) is 2.54. The SMILES string of the molecule is CCCC(C)(C)C(=O)c1ccco1. The molecule has 72 valence electrons. The van der Waals surface area contributed by atoms with Crippen LogP contribution in [-0.2, 0) is 0 Å². The number of ketones is 1. The van der Waals surface area contributed by atoms with Crippen molar-refractivity contribution >= 4 is 5.78 Å².